The van der Waals surface area contributed by atoms with E-state index in [2.05, 4.69) is 0 Å². The molecule has 0 bridgehead atoms. The van der Waals surface area contributed by atoms with E-state index in [1.807, 2.05) is 41.8 Å². The first kappa shape index (κ1) is 13.5. The number of benzene rings is 1. The summed E-state index contributed by atoms with van der Waals surface area (Å²) >= 11 is 0. The highest BCUT2D eigenvalue weighted by Gasteiger charge is 2.12. The molecule has 0 radical (unpaired) electrons. The van der Waals surface area contributed by atoms with Gasteiger partial charge in [-0.15, -0.1) is 0 Å². The number of rotatable bonds is 3. The van der Waals surface area contributed by atoms with Gasteiger partial charge in [-0.3, -0.25) is 19.6 Å². The van der Waals surface area contributed by atoms with Crippen LogP contribution in [0.5, 0.6) is 0 Å². The fraction of sp³-hybridized carbons (Fsp3) is 0.0714. The van der Waals surface area contributed by atoms with Gasteiger partial charge < -0.3 is 0 Å². The van der Waals surface area contributed by atoms with E-state index < -0.39 is 11.5 Å². The number of aromatic nitrogens is 1. The van der Waals surface area contributed by atoms with E-state index in [1.165, 1.54) is 10.6 Å². The monoisotopic (exact) mass is 268 g/mol. The molecule has 1 amide bonds. The molecule has 20 heavy (non-hydrogen) atoms. The molecule has 2 rings (SSSR count). The van der Waals surface area contributed by atoms with Gasteiger partial charge in [-0.05, 0) is 17.7 Å². The van der Waals surface area contributed by atoms with Crippen molar-refractivity contribution in [2.45, 2.75) is 6.54 Å². The summed E-state index contributed by atoms with van der Waals surface area (Å²) in [6.07, 6.45) is 0. The van der Waals surface area contributed by atoms with Gasteiger partial charge in [0.15, 0.2) is 0 Å². The molecule has 0 aliphatic rings. The number of nitrogens with one attached hydrogen (secondary N) is 1. The van der Waals surface area contributed by atoms with E-state index in [-0.39, 0.29) is 12.1 Å². The Kier molecular flexibility index (Phi) is 3.93. The fourth-order valence-electron chi connectivity index (χ4n) is 1.87. The minimum atomic E-state index is -0.516. The molecule has 1 heterocycles. The molecule has 0 unspecified atom stereocenters. The number of nitrogens with two attached hydrogens (primary N) is 1. The van der Waals surface area contributed by atoms with Gasteiger partial charge in [0.1, 0.15) is 18.2 Å². The van der Waals surface area contributed by atoms with Crippen LogP contribution in [-0.2, 0) is 11.3 Å². The molecular formula is C14H12N4O2. The molecule has 0 saturated heterocycles. The molecular weight excluding hydrogens is 256 g/mol. The maximum atomic E-state index is 12.2. The molecule has 0 spiro atoms. The average Bonchev–Trinajstić information content (AvgIpc) is 2.50. The zero-order valence-electron chi connectivity index (χ0n) is 10.5. The summed E-state index contributed by atoms with van der Waals surface area (Å²) in [6, 6.07) is 14.0. The number of carbonyl (C=O) groups is 1. The van der Waals surface area contributed by atoms with Gasteiger partial charge in [0.25, 0.3) is 11.5 Å². The Morgan fingerprint density at radius 3 is 2.55 bits per heavy atom. The highest BCUT2D eigenvalue weighted by atomic mass is 16.2. The summed E-state index contributed by atoms with van der Waals surface area (Å²) in [6.45, 7) is -0.241. The van der Waals surface area contributed by atoms with Crippen LogP contribution >= 0.6 is 0 Å². The first-order chi connectivity index (χ1) is 9.67. The lowest BCUT2D eigenvalue weighted by molar-refractivity contribution is -0.121. The van der Waals surface area contributed by atoms with Crippen molar-refractivity contribution in [2.75, 3.05) is 0 Å². The van der Waals surface area contributed by atoms with Gasteiger partial charge in [-0.2, -0.15) is 5.26 Å². The fourth-order valence-corrected chi connectivity index (χ4v) is 1.87. The number of hydrogen-bond acceptors (Lipinski definition) is 4. The van der Waals surface area contributed by atoms with E-state index in [4.69, 9.17) is 11.1 Å². The Hall–Kier alpha value is -2.91. The van der Waals surface area contributed by atoms with Crippen LogP contribution in [0, 0.1) is 11.3 Å². The SMILES string of the molecule is N#Cc1ccc(-c2ccccc2)n(CC(=O)NN)c1=O. The number of pyridine rings is 1. The van der Waals surface area contributed by atoms with Crippen LogP contribution in [0.15, 0.2) is 47.3 Å². The predicted octanol–water partition coefficient (Wildman–Crippen LogP) is 0.377. The molecule has 1 aromatic carbocycles. The van der Waals surface area contributed by atoms with Crippen molar-refractivity contribution in [3.05, 3.63) is 58.4 Å². The van der Waals surface area contributed by atoms with E-state index in [0.29, 0.717) is 5.69 Å². The Morgan fingerprint density at radius 1 is 1.25 bits per heavy atom. The molecule has 2 aromatic rings. The van der Waals surface area contributed by atoms with Gasteiger partial charge in [0.05, 0.1) is 5.69 Å². The van der Waals surface area contributed by atoms with Crippen LogP contribution in [0.4, 0.5) is 0 Å². The Balaban J connectivity index is 2.63. The second-order valence-electron chi connectivity index (χ2n) is 4.07. The summed E-state index contributed by atoms with van der Waals surface area (Å²) in [5.74, 6) is 4.53. The zero-order valence-corrected chi connectivity index (χ0v) is 10.5. The van der Waals surface area contributed by atoms with Crippen LogP contribution in [-0.4, -0.2) is 10.5 Å². The van der Waals surface area contributed by atoms with Crippen LogP contribution in [0.3, 0.4) is 0 Å². The minimum Gasteiger partial charge on any atom is -0.298 e. The largest absolute Gasteiger partial charge is 0.298 e. The maximum absolute atomic E-state index is 12.2. The van der Waals surface area contributed by atoms with Crippen molar-refractivity contribution >= 4 is 5.91 Å². The summed E-state index contributed by atoms with van der Waals surface area (Å²) in [5, 5.41) is 8.91. The van der Waals surface area contributed by atoms with Gasteiger partial charge in [-0.25, -0.2) is 5.84 Å². The second-order valence-corrected chi connectivity index (χ2v) is 4.07. The van der Waals surface area contributed by atoms with Gasteiger partial charge in [0.2, 0.25) is 0 Å². The van der Waals surface area contributed by atoms with Gasteiger partial charge in [-0.1, -0.05) is 30.3 Å². The Labute approximate surface area is 115 Å². The third-order valence-electron chi connectivity index (χ3n) is 2.83. The maximum Gasteiger partial charge on any atom is 0.269 e. The topological polar surface area (TPSA) is 101 Å². The minimum absolute atomic E-state index is 0.0190. The van der Waals surface area contributed by atoms with E-state index in [0.717, 1.165) is 5.56 Å². The number of nitrogens with zero attached hydrogens (tertiary/aromatic N) is 2. The molecule has 0 fully saturated rings. The van der Waals surface area contributed by atoms with Crippen molar-refractivity contribution < 1.29 is 4.79 Å². The summed E-state index contributed by atoms with van der Waals surface area (Å²) in [7, 11) is 0. The Bertz CT molecular complexity index is 729. The lowest BCUT2D eigenvalue weighted by Gasteiger charge is -2.12. The van der Waals surface area contributed by atoms with Crippen molar-refractivity contribution in [3.63, 3.8) is 0 Å². The standard InChI is InChI=1S/C14H12N4O2/c15-8-11-6-7-12(10-4-2-1-3-5-10)18(14(11)20)9-13(19)17-16/h1-7H,9,16H2,(H,17,19). The summed E-state index contributed by atoms with van der Waals surface area (Å²) < 4.78 is 1.23. The van der Waals surface area contributed by atoms with Crippen LogP contribution < -0.4 is 16.8 Å². The zero-order chi connectivity index (χ0) is 14.5. The van der Waals surface area contributed by atoms with E-state index in [1.54, 1.807) is 6.07 Å². The first-order valence-electron chi connectivity index (χ1n) is 5.86. The summed E-state index contributed by atoms with van der Waals surface area (Å²) in [4.78, 5) is 23.6. The molecule has 100 valence electrons. The number of amides is 1. The van der Waals surface area contributed by atoms with E-state index in [9.17, 15) is 9.59 Å². The summed E-state index contributed by atoms with van der Waals surface area (Å²) in [5.41, 5.74) is 2.77. The molecule has 6 heteroatoms. The first-order valence-corrected chi connectivity index (χ1v) is 5.86. The molecule has 0 atom stereocenters. The highest BCUT2D eigenvalue weighted by molar-refractivity contribution is 5.76. The third-order valence-corrected chi connectivity index (χ3v) is 2.83. The normalized spacial score (nSPS) is 9.80. The van der Waals surface area contributed by atoms with Crippen LogP contribution in [0.2, 0.25) is 0 Å². The van der Waals surface area contributed by atoms with E-state index >= 15 is 0 Å². The van der Waals surface area contributed by atoms with Crippen LogP contribution in [0.1, 0.15) is 5.56 Å². The molecule has 6 nitrogen and oxygen atoms in total. The van der Waals surface area contributed by atoms with Crippen molar-refractivity contribution in [1.29, 1.82) is 5.26 Å². The smallest absolute Gasteiger partial charge is 0.269 e. The van der Waals surface area contributed by atoms with Crippen molar-refractivity contribution in [3.8, 4) is 17.3 Å². The van der Waals surface area contributed by atoms with Crippen LogP contribution in [0.25, 0.3) is 11.3 Å². The van der Waals surface area contributed by atoms with Crippen molar-refractivity contribution in [1.82, 2.24) is 9.99 Å². The average molecular weight is 268 g/mol. The molecule has 0 aliphatic carbocycles. The molecule has 1 aromatic heterocycles. The number of hydrogen-bond donors (Lipinski definition) is 2. The van der Waals surface area contributed by atoms with Gasteiger partial charge in [0, 0.05) is 0 Å². The highest BCUT2D eigenvalue weighted by Crippen LogP contribution is 2.17. The Morgan fingerprint density at radius 2 is 1.95 bits per heavy atom. The molecule has 0 saturated carbocycles. The lowest BCUT2D eigenvalue weighted by Crippen LogP contribution is -2.37. The number of carbonyl (C=O) groups excluding carboxylic acids is 1. The molecule has 0 aliphatic heterocycles. The van der Waals surface area contributed by atoms with Crippen molar-refractivity contribution in [2.24, 2.45) is 5.84 Å². The molecule has 3 N–H and O–H groups in total. The second kappa shape index (κ2) is 5.82. The lowest BCUT2D eigenvalue weighted by atomic mass is 10.1. The number of hydrazine groups is 1. The predicted molar refractivity (Wildman–Crippen MR) is 73.2 cm³/mol. The number of nitriles is 1. The quantitative estimate of drug-likeness (QED) is 0.477. The van der Waals surface area contributed by atoms with Gasteiger partial charge >= 0.3 is 0 Å². The third kappa shape index (κ3) is 2.58.